The Morgan fingerprint density at radius 2 is 2.32 bits per heavy atom. The minimum atomic E-state index is 0.768. The first-order chi connectivity index (χ1) is 9.42. The maximum atomic E-state index is 5.78. The maximum Gasteiger partial charge on any atom is 0.129 e. The molecule has 1 aliphatic heterocycles. The highest BCUT2D eigenvalue weighted by Crippen LogP contribution is 2.29. The Kier molecular flexibility index (Phi) is 5.92. The lowest BCUT2D eigenvalue weighted by molar-refractivity contribution is 0.199. The van der Waals surface area contributed by atoms with Crippen molar-refractivity contribution in [2.24, 2.45) is 0 Å². The summed E-state index contributed by atoms with van der Waals surface area (Å²) in [6, 6.07) is 6.40. The second kappa shape index (κ2) is 7.97. The molecule has 2 rings (SSSR count). The number of ether oxygens (including phenoxy) is 2. The van der Waals surface area contributed by atoms with Crippen molar-refractivity contribution < 1.29 is 9.47 Å². The van der Waals surface area contributed by atoms with E-state index in [1.54, 1.807) is 7.11 Å². The Morgan fingerprint density at radius 3 is 3.21 bits per heavy atom. The molecule has 0 atom stereocenters. The van der Waals surface area contributed by atoms with Crippen LogP contribution in [-0.4, -0.2) is 33.4 Å². The van der Waals surface area contributed by atoms with E-state index in [1.807, 2.05) is 0 Å². The highest BCUT2D eigenvalue weighted by atomic mass is 16.5. The molecule has 0 unspecified atom stereocenters. The van der Waals surface area contributed by atoms with Gasteiger partial charge in [-0.25, -0.2) is 0 Å². The second-order valence-electron chi connectivity index (χ2n) is 4.72. The average molecular weight is 261 g/mol. The summed E-state index contributed by atoms with van der Waals surface area (Å²) in [7, 11) is 1.72. The normalized spacial score (nSPS) is 14.4. The Hall–Kier alpha value is -1.32. The van der Waals surface area contributed by atoms with E-state index < -0.39 is 0 Å². The van der Waals surface area contributed by atoms with Crippen molar-refractivity contribution in [1.82, 2.24) is 5.32 Å². The van der Waals surface area contributed by atoms with Gasteiger partial charge in [-0.15, -0.1) is 0 Å². The SMILES string of the molecule is COCCNCC/C=C/c1cccc2c1OCCC2. The third kappa shape index (κ3) is 4.37. The van der Waals surface area contributed by atoms with E-state index in [9.17, 15) is 0 Å². The predicted molar refractivity (Wildman–Crippen MR) is 78.7 cm³/mol. The van der Waals surface area contributed by atoms with Crippen molar-refractivity contribution in [3.05, 3.63) is 35.4 Å². The number of nitrogens with one attached hydrogen (secondary N) is 1. The van der Waals surface area contributed by atoms with Crippen LogP contribution in [-0.2, 0) is 11.2 Å². The molecule has 0 bridgehead atoms. The molecule has 1 aliphatic rings. The van der Waals surface area contributed by atoms with Gasteiger partial charge < -0.3 is 14.8 Å². The summed E-state index contributed by atoms with van der Waals surface area (Å²) in [6.07, 6.45) is 7.65. The lowest BCUT2D eigenvalue weighted by atomic mass is 10.0. The maximum absolute atomic E-state index is 5.78. The standard InChI is InChI=1S/C16H23NO2/c1-18-13-11-17-10-3-2-6-14-7-4-8-15-9-5-12-19-16(14)15/h2,4,6-8,17H,3,5,9-13H2,1H3/b6-2+. The number of hydrogen-bond donors (Lipinski definition) is 1. The molecule has 3 nitrogen and oxygen atoms in total. The van der Waals surface area contributed by atoms with Crippen LogP contribution in [0.15, 0.2) is 24.3 Å². The van der Waals surface area contributed by atoms with Crippen LogP contribution in [0.25, 0.3) is 6.08 Å². The first-order valence-corrected chi connectivity index (χ1v) is 7.02. The number of benzene rings is 1. The first kappa shape index (κ1) is 14.1. The first-order valence-electron chi connectivity index (χ1n) is 7.02. The molecule has 1 heterocycles. The molecular formula is C16H23NO2. The number of rotatable bonds is 7. The third-order valence-corrected chi connectivity index (χ3v) is 3.23. The summed E-state index contributed by atoms with van der Waals surface area (Å²) in [5, 5.41) is 3.33. The molecule has 0 amide bonds. The molecule has 0 radical (unpaired) electrons. The molecule has 1 aromatic carbocycles. The van der Waals surface area contributed by atoms with Gasteiger partial charge in [-0.05, 0) is 31.4 Å². The van der Waals surface area contributed by atoms with E-state index >= 15 is 0 Å². The molecule has 0 saturated heterocycles. The topological polar surface area (TPSA) is 30.5 Å². The fraction of sp³-hybridized carbons (Fsp3) is 0.500. The van der Waals surface area contributed by atoms with Gasteiger partial charge in [0.2, 0.25) is 0 Å². The van der Waals surface area contributed by atoms with Crippen LogP contribution in [0.1, 0.15) is 24.0 Å². The summed E-state index contributed by atoms with van der Waals surface area (Å²) in [4.78, 5) is 0. The zero-order valence-electron chi connectivity index (χ0n) is 11.7. The van der Waals surface area contributed by atoms with Gasteiger partial charge in [0.1, 0.15) is 5.75 Å². The summed E-state index contributed by atoms with van der Waals surface area (Å²) in [5.74, 6) is 1.08. The van der Waals surface area contributed by atoms with E-state index in [2.05, 4.69) is 35.7 Å². The minimum absolute atomic E-state index is 0.768. The lowest BCUT2D eigenvalue weighted by Crippen LogP contribution is -2.19. The number of hydrogen-bond acceptors (Lipinski definition) is 3. The zero-order chi connectivity index (χ0) is 13.3. The summed E-state index contributed by atoms with van der Waals surface area (Å²) >= 11 is 0. The van der Waals surface area contributed by atoms with Gasteiger partial charge in [-0.3, -0.25) is 0 Å². The van der Waals surface area contributed by atoms with Crippen molar-refractivity contribution >= 4 is 6.08 Å². The van der Waals surface area contributed by atoms with Crippen LogP contribution in [0.4, 0.5) is 0 Å². The fourth-order valence-electron chi connectivity index (χ4n) is 2.24. The van der Waals surface area contributed by atoms with E-state index in [0.29, 0.717) is 0 Å². The highest BCUT2D eigenvalue weighted by molar-refractivity contribution is 5.60. The quantitative estimate of drug-likeness (QED) is 0.765. The number of methoxy groups -OCH3 is 1. The van der Waals surface area contributed by atoms with Crippen LogP contribution in [0, 0.1) is 0 Å². The number of para-hydroxylation sites is 1. The highest BCUT2D eigenvalue weighted by Gasteiger charge is 2.12. The van der Waals surface area contributed by atoms with Gasteiger partial charge in [0.25, 0.3) is 0 Å². The van der Waals surface area contributed by atoms with E-state index in [1.165, 1.54) is 11.1 Å². The lowest BCUT2D eigenvalue weighted by Gasteiger charge is -2.18. The monoisotopic (exact) mass is 261 g/mol. The van der Waals surface area contributed by atoms with Crippen LogP contribution in [0.2, 0.25) is 0 Å². The number of fused-ring (bicyclic) bond motifs is 1. The van der Waals surface area contributed by atoms with E-state index in [4.69, 9.17) is 9.47 Å². The predicted octanol–water partition coefficient (Wildman–Crippen LogP) is 2.65. The fourth-order valence-corrected chi connectivity index (χ4v) is 2.24. The van der Waals surface area contributed by atoms with Crippen molar-refractivity contribution in [3.63, 3.8) is 0 Å². The van der Waals surface area contributed by atoms with Gasteiger partial charge in [-0.2, -0.15) is 0 Å². The molecule has 0 spiro atoms. The van der Waals surface area contributed by atoms with E-state index in [-0.39, 0.29) is 0 Å². The third-order valence-electron chi connectivity index (χ3n) is 3.23. The molecule has 0 aliphatic carbocycles. The largest absolute Gasteiger partial charge is 0.493 e. The van der Waals surface area contributed by atoms with Crippen molar-refractivity contribution in [2.75, 3.05) is 33.4 Å². The van der Waals surface area contributed by atoms with Crippen LogP contribution in [0.5, 0.6) is 5.75 Å². The van der Waals surface area contributed by atoms with Gasteiger partial charge >= 0.3 is 0 Å². The molecule has 0 aromatic heterocycles. The molecule has 104 valence electrons. The second-order valence-corrected chi connectivity index (χ2v) is 4.72. The van der Waals surface area contributed by atoms with Crippen molar-refractivity contribution in [3.8, 4) is 5.75 Å². The summed E-state index contributed by atoms with van der Waals surface area (Å²) in [5.41, 5.74) is 2.54. The summed E-state index contributed by atoms with van der Waals surface area (Å²) in [6.45, 7) is 3.50. The van der Waals surface area contributed by atoms with Crippen molar-refractivity contribution in [2.45, 2.75) is 19.3 Å². The smallest absolute Gasteiger partial charge is 0.129 e. The Balaban J connectivity index is 1.82. The molecule has 0 saturated carbocycles. The molecule has 3 heteroatoms. The Morgan fingerprint density at radius 1 is 1.37 bits per heavy atom. The van der Waals surface area contributed by atoms with Gasteiger partial charge in [0.15, 0.2) is 0 Å². The summed E-state index contributed by atoms with van der Waals surface area (Å²) < 4.78 is 10.8. The molecule has 1 aromatic rings. The van der Waals surface area contributed by atoms with Crippen LogP contribution >= 0.6 is 0 Å². The molecule has 1 N–H and O–H groups in total. The average Bonchev–Trinajstić information content (AvgIpc) is 2.46. The van der Waals surface area contributed by atoms with Gasteiger partial charge in [0, 0.05) is 19.2 Å². The van der Waals surface area contributed by atoms with Crippen LogP contribution < -0.4 is 10.1 Å². The minimum Gasteiger partial charge on any atom is -0.493 e. The molecule has 19 heavy (non-hydrogen) atoms. The van der Waals surface area contributed by atoms with Crippen LogP contribution in [0.3, 0.4) is 0 Å². The van der Waals surface area contributed by atoms with Gasteiger partial charge in [-0.1, -0.05) is 30.4 Å². The van der Waals surface area contributed by atoms with E-state index in [0.717, 1.165) is 51.3 Å². The molecular weight excluding hydrogens is 238 g/mol. The Labute approximate surface area is 115 Å². The van der Waals surface area contributed by atoms with Gasteiger partial charge in [0.05, 0.1) is 13.2 Å². The van der Waals surface area contributed by atoms with Crippen molar-refractivity contribution in [1.29, 1.82) is 0 Å². The number of aryl methyl sites for hydroxylation is 1. The molecule has 0 fully saturated rings. The Bertz CT molecular complexity index is 415. The zero-order valence-corrected chi connectivity index (χ0v) is 11.7.